The number of rotatable bonds is 6. The Hall–Kier alpha value is -2.22. The van der Waals surface area contributed by atoms with Crippen molar-refractivity contribution >= 4 is 17.8 Å². The molecule has 0 radical (unpaired) electrons. The van der Waals surface area contributed by atoms with E-state index in [4.69, 9.17) is 17.2 Å². The standard InChI is InChI=1S/C10H16N6O2/c1-6-2-7(3-11)15-10(14-6)16(4-8(12)17)5-9(13)18/h2H,3-5,11H2,1H3,(H2,12,17)(H2,13,18). The normalized spacial score (nSPS) is 10.1. The molecule has 1 rings (SSSR count). The van der Waals surface area contributed by atoms with Crippen LogP contribution in [-0.2, 0) is 16.1 Å². The van der Waals surface area contributed by atoms with Crippen LogP contribution in [0.1, 0.15) is 11.4 Å². The lowest BCUT2D eigenvalue weighted by Crippen LogP contribution is -2.40. The van der Waals surface area contributed by atoms with Gasteiger partial charge in [-0.25, -0.2) is 9.97 Å². The van der Waals surface area contributed by atoms with Gasteiger partial charge in [0.15, 0.2) is 0 Å². The minimum atomic E-state index is -0.601. The highest BCUT2D eigenvalue weighted by Crippen LogP contribution is 2.09. The molecule has 2 amide bonds. The molecule has 0 unspecified atom stereocenters. The van der Waals surface area contributed by atoms with Crippen molar-refractivity contribution in [2.24, 2.45) is 17.2 Å². The smallest absolute Gasteiger partial charge is 0.237 e. The van der Waals surface area contributed by atoms with E-state index in [1.54, 1.807) is 13.0 Å². The number of primary amides is 2. The Balaban J connectivity index is 3.06. The number of hydrogen-bond acceptors (Lipinski definition) is 6. The summed E-state index contributed by atoms with van der Waals surface area (Å²) in [6.07, 6.45) is 0. The summed E-state index contributed by atoms with van der Waals surface area (Å²) in [7, 11) is 0. The van der Waals surface area contributed by atoms with Crippen LogP contribution in [0, 0.1) is 6.92 Å². The molecule has 0 fully saturated rings. The first kappa shape index (κ1) is 13.8. The van der Waals surface area contributed by atoms with Gasteiger partial charge in [-0.1, -0.05) is 0 Å². The van der Waals surface area contributed by atoms with E-state index >= 15 is 0 Å². The van der Waals surface area contributed by atoms with Crippen LogP contribution in [0.5, 0.6) is 0 Å². The fourth-order valence-electron chi connectivity index (χ4n) is 1.44. The van der Waals surface area contributed by atoms with E-state index in [2.05, 4.69) is 9.97 Å². The molecule has 0 saturated heterocycles. The van der Waals surface area contributed by atoms with Crippen molar-refractivity contribution in [3.8, 4) is 0 Å². The van der Waals surface area contributed by atoms with Crippen LogP contribution in [0.25, 0.3) is 0 Å². The van der Waals surface area contributed by atoms with Gasteiger partial charge in [-0.3, -0.25) is 9.59 Å². The van der Waals surface area contributed by atoms with Crippen molar-refractivity contribution in [2.75, 3.05) is 18.0 Å². The molecule has 0 aromatic carbocycles. The summed E-state index contributed by atoms with van der Waals surface area (Å²) < 4.78 is 0. The Labute approximate surface area is 104 Å². The molecule has 6 N–H and O–H groups in total. The van der Waals surface area contributed by atoms with Crippen molar-refractivity contribution in [1.82, 2.24) is 9.97 Å². The number of nitrogens with two attached hydrogens (primary N) is 3. The molecule has 0 aliphatic rings. The summed E-state index contributed by atoms with van der Waals surface area (Å²) >= 11 is 0. The Morgan fingerprint density at radius 2 is 1.78 bits per heavy atom. The van der Waals surface area contributed by atoms with Crippen LogP contribution < -0.4 is 22.1 Å². The minimum Gasteiger partial charge on any atom is -0.368 e. The lowest BCUT2D eigenvalue weighted by molar-refractivity contribution is -0.117. The van der Waals surface area contributed by atoms with E-state index in [0.29, 0.717) is 11.4 Å². The lowest BCUT2D eigenvalue weighted by atomic mass is 10.3. The largest absolute Gasteiger partial charge is 0.368 e. The fraction of sp³-hybridized carbons (Fsp3) is 0.400. The maximum atomic E-state index is 11.0. The molecule has 1 aromatic heterocycles. The van der Waals surface area contributed by atoms with Crippen LogP contribution in [0.2, 0.25) is 0 Å². The lowest BCUT2D eigenvalue weighted by Gasteiger charge is -2.20. The van der Waals surface area contributed by atoms with Crippen LogP contribution in [0.4, 0.5) is 5.95 Å². The molecule has 0 spiro atoms. The molecule has 0 aliphatic carbocycles. The monoisotopic (exact) mass is 252 g/mol. The zero-order valence-corrected chi connectivity index (χ0v) is 10.1. The predicted molar refractivity (Wildman–Crippen MR) is 65.3 cm³/mol. The molecule has 1 aromatic rings. The van der Waals surface area contributed by atoms with Crippen LogP contribution in [-0.4, -0.2) is 34.9 Å². The van der Waals surface area contributed by atoms with Crippen molar-refractivity contribution in [3.05, 3.63) is 17.5 Å². The number of nitrogens with zero attached hydrogens (tertiary/aromatic N) is 3. The topological polar surface area (TPSA) is 141 Å². The Kier molecular flexibility index (Phi) is 4.55. The molecular weight excluding hydrogens is 236 g/mol. The first-order valence-electron chi connectivity index (χ1n) is 5.28. The SMILES string of the molecule is Cc1cc(CN)nc(N(CC(N)=O)CC(N)=O)n1. The predicted octanol–water partition coefficient (Wildman–Crippen LogP) is -1.98. The minimum absolute atomic E-state index is 0.184. The molecular formula is C10H16N6O2. The van der Waals surface area contributed by atoms with E-state index in [0.717, 1.165) is 0 Å². The second-order valence-corrected chi connectivity index (χ2v) is 3.79. The maximum absolute atomic E-state index is 11.0. The van der Waals surface area contributed by atoms with Gasteiger partial charge in [0.25, 0.3) is 0 Å². The van der Waals surface area contributed by atoms with Gasteiger partial charge in [-0.05, 0) is 13.0 Å². The number of aromatic nitrogens is 2. The van der Waals surface area contributed by atoms with Crippen LogP contribution in [0.15, 0.2) is 6.07 Å². The third-order valence-corrected chi connectivity index (χ3v) is 2.08. The number of carbonyl (C=O) groups excluding carboxylic acids is 2. The molecule has 8 nitrogen and oxygen atoms in total. The number of carbonyl (C=O) groups is 2. The molecule has 18 heavy (non-hydrogen) atoms. The van der Waals surface area contributed by atoms with E-state index < -0.39 is 11.8 Å². The average Bonchev–Trinajstić information content (AvgIpc) is 2.26. The summed E-state index contributed by atoms with van der Waals surface area (Å²) in [5, 5.41) is 0. The molecule has 0 aliphatic heterocycles. The third-order valence-electron chi connectivity index (χ3n) is 2.08. The third kappa shape index (κ3) is 3.98. The average molecular weight is 252 g/mol. The van der Waals surface area contributed by atoms with Gasteiger partial charge in [0.05, 0.1) is 5.69 Å². The van der Waals surface area contributed by atoms with E-state index in [9.17, 15) is 9.59 Å². The summed E-state index contributed by atoms with van der Waals surface area (Å²) in [5.74, 6) is -0.987. The number of hydrogen-bond donors (Lipinski definition) is 3. The summed E-state index contributed by atoms with van der Waals surface area (Å²) in [5.41, 5.74) is 17.0. The zero-order valence-electron chi connectivity index (χ0n) is 10.1. The summed E-state index contributed by atoms with van der Waals surface area (Å²) in [4.78, 5) is 31.5. The van der Waals surface area contributed by atoms with E-state index in [1.165, 1.54) is 4.90 Å². The Bertz CT molecular complexity index is 446. The van der Waals surface area contributed by atoms with Crippen LogP contribution >= 0.6 is 0 Å². The van der Waals surface area contributed by atoms with Gasteiger partial charge >= 0.3 is 0 Å². The highest BCUT2D eigenvalue weighted by molar-refractivity contribution is 5.83. The fourth-order valence-corrected chi connectivity index (χ4v) is 1.44. The number of anilines is 1. The maximum Gasteiger partial charge on any atom is 0.237 e. The summed E-state index contributed by atoms with van der Waals surface area (Å²) in [6, 6.07) is 1.72. The molecule has 1 heterocycles. The van der Waals surface area contributed by atoms with Crippen molar-refractivity contribution in [3.63, 3.8) is 0 Å². The van der Waals surface area contributed by atoms with Crippen molar-refractivity contribution in [2.45, 2.75) is 13.5 Å². The molecule has 0 saturated carbocycles. The molecule has 98 valence electrons. The molecule has 0 bridgehead atoms. The zero-order chi connectivity index (χ0) is 13.7. The van der Waals surface area contributed by atoms with E-state index in [1.807, 2.05) is 0 Å². The van der Waals surface area contributed by atoms with Crippen molar-refractivity contribution in [1.29, 1.82) is 0 Å². The number of aryl methyl sites for hydroxylation is 1. The summed E-state index contributed by atoms with van der Waals surface area (Å²) in [6.45, 7) is 1.63. The highest BCUT2D eigenvalue weighted by Gasteiger charge is 2.15. The second-order valence-electron chi connectivity index (χ2n) is 3.79. The second kappa shape index (κ2) is 5.92. The quantitative estimate of drug-likeness (QED) is 0.535. The van der Waals surface area contributed by atoms with Gasteiger partial charge in [0.2, 0.25) is 17.8 Å². The first-order valence-corrected chi connectivity index (χ1v) is 5.28. The number of amides is 2. The highest BCUT2D eigenvalue weighted by atomic mass is 16.2. The van der Waals surface area contributed by atoms with Crippen LogP contribution in [0.3, 0.4) is 0 Å². The van der Waals surface area contributed by atoms with Gasteiger partial charge in [0, 0.05) is 12.2 Å². The van der Waals surface area contributed by atoms with Gasteiger partial charge in [0.1, 0.15) is 13.1 Å². The molecule has 0 atom stereocenters. The van der Waals surface area contributed by atoms with Crippen molar-refractivity contribution < 1.29 is 9.59 Å². The van der Waals surface area contributed by atoms with Gasteiger partial charge in [-0.2, -0.15) is 0 Å². The first-order chi connectivity index (χ1) is 8.42. The van der Waals surface area contributed by atoms with E-state index in [-0.39, 0.29) is 25.6 Å². The Morgan fingerprint density at radius 1 is 1.22 bits per heavy atom. The van der Waals surface area contributed by atoms with Gasteiger partial charge in [-0.15, -0.1) is 0 Å². The molecule has 8 heteroatoms. The van der Waals surface area contributed by atoms with Gasteiger partial charge < -0.3 is 22.1 Å². The Morgan fingerprint density at radius 3 is 2.22 bits per heavy atom.